The standard InChI is InChI=1S/C29H27NO3S/c1-32-29(31)21-12-14-23-25(16-21)30-28(27(23)20-10-6-3-7-11-20)24-15-13-22(17-26(24)34-30)33-18-19-8-4-2-5-9-19/h2,4-5,8-9,12-17,20H,3,6-7,10-11,18H2,1H3. The Bertz CT molecular complexity index is 1490. The van der Waals surface area contributed by atoms with Crippen LogP contribution in [-0.4, -0.2) is 16.9 Å². The first-order valence-corrected chi connectivity index (χ1v) is 12.8. The van der Waals surface area contributed by atoms with Gasteiger partial charge in [-0.25, -0.2) is 4.79 Å². The van der Waals surface area contributed by atoms with Crippen molar-refractivity contribution in [2.45, 2.75) is 44.6 Å². The number of esters is 1. The van der Waals surface area contributed by atoms with E-state index >= 15 is 0 Å². The van der Waals surface area contributed by atoms with Gasteiger partial charge in [0.1, 0.15) is 12.4 Å². The molecule has 0 saturated heterocycles. The Morgan fingerprint density at radius 2 is 1.76 bits per heavy atom. The Morgan fingerprint density at radius 1 is 0.971 bits per heavy atom. The molecule has 3 aromatic carbocycles. The van der Waals surface area contributed by atoms with Gasteiger partial charge in [-0.05, 0) is 60.2 Å². The van der Waals surface area contributed by atoms with Crippen LogP contribution in [0.5, 0.6) is 5.75 Å². The van der Waals surface area contributed by atoms with E-state index in [1.807, 2.05) is 30.3 Å². The first-order valence-electron chi connectivity index (χ1n) is 12.0. The first-order chi connectivity index (χ1) is 16.7. The second-order valence-electron chi connectivity index (χ2n) is 9.14. The Kier molecular flexibility index (Phi) is 5.50. The van der Waals surface area contributed by atoms with Gasteiger partial charge in [0.2, 0.25) is 0 Å². The fourth-order valence-electron chi connectivity index (χ4n) is 5.39. The minimum Gasteiger partial charge on any atom is -0.489 e. The first kappa shape index (κ1) is 21.2. The number of hydrogen-bond donors (Lipinski definition) is 0. The minimum absolute atomic E-state index is 0.297. The van der Waals surface area contributed by atoms with E-state index in [1.54, 1.807) is 11.5 Å². The zero-order valence-corrected chi connectivity index (χ0v) is 20.1. The van der Waals surface area contributed by atoms with Crippen LogP contribution in [0.3, 0.4) is 0 Å². The predicted octanol–water partition coefficient (Wildman–Crippen LogP) is 7.72. The number of methoxy groups -OCH3 is 1. The molecule has 1 aliphatic carbocycles. The summed E-state index contributed by atoms with van der Waals surface area (Å²) in [5.74, 6) is 1.13. The van der Waals surface area contributed by atoms with Crippen molar-refractivity contribution in [1.29, 1.82) is 0 Å². The van der Waals surface area contributed by atoms with Crippen LogP contribution in [0, 0.1) is 0 Å². The molecule has 4 nitrogen and oxygen atoms in total. The van der Waals surface area contributed by atoms with Gasteiger partial charge in [-0.2, -0.15) is 0 Å². The van der Waals surface area contributed by atoms with E-state index in [-0.39, 0.29) is 5.97 Å². The molecule has 2 heterocycles. The quantitative estimate of drug-likeness (QED) is 0.247. The fourth-order valence-corrected chi connectivity index (χ4v) is 6.55. The number of carbonyl (C=O) groups excluding carboxylic acids is 1. The van der Waals surface area contributed by atoms with Crippen LogP contribution in [0.1, 0.15) is 59.5 Å². The molecule has 0 spiro atoms. The van der Waals surface area contributed by atoms with Gasteiger partial charge in [0, 0.05) is 10.8 Å². The van der Waals surface area contributed by atoms with Crippen LogP contribution in [0.25, 0.3) is 26.5 Å². The van der Waals surface area contributed by atoms with Gasteiger partial charge in [0.15, 0.2) is 0 Å². The molecule has 5 aromatic rings. The van der Waals surface area contributed by atoms with Gasteiger partial charge >= 0.3 is 5.97 Å². The molecular formula is C29H27NO3S. The van der Waals surface area contributed by atoms with E-state index in [0.717, 1.165) is 16.8 Å². The Balaban J connectivity index is 1.49. The number of carbonyl (C=O) groups is 1. The highest BCUT2D eigenvalue weighted by Crippen LogP contribution is 2.45. The third kappa shape index (κ3) is 3.64. The van der Waals surface area contributed by atoms with Gasteiger partial charge in [0.05, 0.1) is 28.4 Å². The molecule has 6 rings (SSSR count). The lowest BCUT2D eigenvalue weighted by Crippen LogP contribution is -2.04. The van der Waals surface area contributed by atoms with Crippen LogP contribution < -0.4 is 4.74 Å². The van der Waals surface area contributed by atoms with Crippen molar-refractivity contribution >= 4 is 44.0 Å². The molecule has 1 fully saturated rings. The number of aromatic nitrogens is 1. The number of nitrogens with zero attached hydrogens (tertiary/aromatic N) is 1. The molecule has 0 aliphatic heterocycles. The summed E-state index contributed by atoms with van der Waals surface area (Å²) in [5, 5.41) is 2.52. The van der Waals surface area contributed by atoms with Crippen molar-refractivity contribution in [3.05, 3.63) is 83.4 Å². The summed E-state index contributed by atoms with van der Waals surface area (Å²) in [5.41, 5.74) is 5.57. The second kappa shape index (κ2) is 8.80. The number of rotatable bonds is 5. The molecule has 0 bridgehead atoms. The molecule has 5 heteroatoms. The molecule has 0 N–H and O–H groups in total. The molecule has 34 heavy (non-hydrogen) atoms. The second-order valence-corrected chi connectivity index (χ2v) is 10.1. The Morgan fingerprint density at radius 3 is 2.56 bits per heavy atom. The summed E-state index contributed by atoms with van der Waals surface area (Å²) in [6.07, 6.45) is 6.34. The van der Waals surface area contributed by atoms with E-state index in [9.17, 15) is 4.79 Å². The summed E-state index contributed by atoms with van der Waals surface area (Å²) in [6.45, 7) is 0.551. The topological polar surface area (TPSA) is 39.9 Å². The van der Waals surface area contributed by atoms with Crippen molar-refractivity contribution in [3.63, 3.8) is 0 Å². The summed E-state index contributed by atoms with van der Waals surface area (Å²) in [4.78, 5) is 12.3. The van der Waals surface area contributed by atoms with E-state index in [2.05, 4.69) is 40.2 Å². The maximum atomic E-state index is 12.3. The zero-order valence-electron chi connectivity index (χ0n) is 19.3. The molecule has 1 saturated carbocycles. The lowest BCUT2D eigenvalue weighted by molar-refractivity contribution is 0.0601. The van der Waals surface area contributed by atoms with Crippen molar-refractivity contribution in [1.82, 2.24) is 3.79 Å². The lowest BCUT2D eigenvalue weighted by atomic mass is 9.83. The lowest BCUT2D eigenvalue weighted by Gasteiger charge is -2.21. The maximum absolute atomic E-state index is 12.3. The number of benzene rings is 3. The number of fused-ring (bicyclic) bond motifs is 5. The molecule has 0 radical (unpaired) electrons. The van der Waals surface area contributed by atoms with Crippen molar-refractivity contribution < 1.29 is 14.3 Å². The molecule has 2 aromatic heterocycles. The summed E-state index contributed by atoms with van der Waals surface area (Å²) in [6, 6.07) is 22.7. The van der Waals surface area contributed by atoms with Crippen LogP contribution in [0.4, 0.5) is 0 Å². The molecule has 0 unspecified atom stereocenters. The van der Waals surface area contributed by atoms with Crippen molar-refractivity contribution in [2.75, 3.05) is 7.11 Å². The van der Waals surface area contributed by atoms with Crippen LogP contribution in [0.2, 0.25) is 0 Å². The molecule has 0 atom stereocenters. The summed E-state index contributed by atoms with van der Waals surface area (Å²) >= 11 is 1.72. The molecule has 172 valence electrons. The molecule has 1 aliphatic rings. The van der Waals surface area contributed by atoms with Crippen LogP contribution in [0.15, 0.2) is 66.7 Å². The minimum atomic E-state index is -0.297. The SMILES string of the molecule is COC(=O)c1ccc2c(C3CCCCC3)c3c4ccc(OCc5ccccc5)cc4sn3c2c1. The van der Waals surface area contributed by atoms with Gasteiger partial charge in [-0.1, -0.05) is 67.2 Å². The van der Waals surface area contributed by atoms with E-state index in [0.29, 0.717) is 18.1 Å². The van der Waals surface area contributed by atoms with E-state index < -0.39 is 0 Å². The highest BCUT2D eigenvalue weighted by atomic mass is 32.1. The number of ether oxygens (including phenoxy) is 2. The average Bonchev–Trinajstić information content (AvgIpc) is 3.41. The van der Waals surface area contributed by atoms with Gasteiger partial charge in [-0.3, -0.25) is 3.79 Å². The van der Waals surface area contributed by atoms with E-state index in [1.165, 1.54) is 65.8 Å². The van der Waals surface area contributed by atoms with Gasteiger partial charge in [0.25, 0.3) is 0 Å². The maximum Gasteiger partial charge on any atom is 0.337 e. The summed E-state index contributed by atoms with van der Waals surface area (Å²) in [7, 11) is 1.43. The largest absolute Gasteiger partial charge is 0.489 e. The zero-order chi connectivity index (χ0) is 23.1. The van der Waals surface area contributed by atoms with E-state index in [4.69, 9.17) is 9.47 Å². The Labute approximate surface area is 202 Å². The molecule has 0 amide bonds. The normalized spacial score (nSPS) is 14.7. The fraction of sp³-hybridized carbons (Fsp3) is 0.276. The third-order valence-electron chi connectivity index (χ3n) is 7.05. The molecular weight excluding hydrogens is 442 g/mol. The van der Waals surface area contributed by atoms with Crippen molar-refractivity contribution in [3.8, 4) is 5.75 Å². The Hall–Kier alpha value is -3.31. The van der Waals surface area contributed by atoms with Gasteiger partial charge in [-0.15, -0.1) is 0 Å². The summed E-state index contributed by atoms with van der Waals surface area (Å²) < 4.78 is 14.6. The number of hydrogen-bond acceptors (Lipinski definition) is 4. The third-order valence-corrected chi connectivity index (χ3v) is 8.14. The van der Waals surface area contributed by atoms with Gasteiger partial charge < -0.3 is 9.47 Å². The average molecular weight is 470 g/mol. The smallest absolute Gasteiger partial charge is 0.337 e. The van der Waals surface area contributed by atoms with Crippen LogP contribution >= 0.6 is 11.5 Å². The predicted molar refractivity (Wildman–Crippen MR) is 138 cm³/mol. The monoisotopic (exact) mass is 469 g/mol. The highest BCUT2D eigenvalue weighted by molar-refractivity contribution is 7.15. The van der Waals surface area contributed by atoms with Crippen molar-refractivity contribution in [2.24, 2.45) is 0 Å². The van der Waals surface area contributed by atoms with Crippen LogP contribution in [-0.2, 0) is 11.3 Å². The highest BCUT2D eigenvalue weighted by Gasteiger charge is 2.26.